The summed E-state index contributed by atoms with van der Waals surface area (Å²) >= 11 is 1.33. The Balaban J connectivity index is 1.88. The van der Waals surface area contributed by atoms with Gasteiger partial charge in [-0.05, 0) is 50.5 Å². The molecule has 0 saturated carbocycles. The summed E-state index contributed by atoms with van der Waals surface area (Å²) in [6.07, 6.45) is -1.52. The number of carbonyl (C=O) groups is 1. The van der Waals surface area contributed by atoms with E-state index in [-0.39, 0.29) is 41.3 Å². The monoisotopic (exact) mass is 615 g/mol. The number of nitrogens with two attached hydrogens (primary N) is 1. The molecule has 3 heterocycles. The van der Waals surface area contributed by atoms with Crippen molar-refractivity contribution < 1.29 is 31.5 Å². The van der Waals surface area contributed by atoms with Crippen molar-refractivity contribution in [2.45, 2.75) is 62.8 Å². The maximum atomic E-state index is 15.4. The molecule has 10 nitrogen and oxygen atoms in total. The van der Waals surface area contributed by atoms with Gasteiger partial charge in [-0.3, -0.25) is 14.8 Å². The van der Waals surface area contributed by atoms with Crippen molar-refractivity contribution in [3.63, 3.8) is 0 Å². The van der Waals surface area contributed by atoms with Crippen molar-refractivity contribution in [2.24, 2.45) is 26.8 Å². The van der Waals surface area contributed by atoms with Crippen LogP contribution in [0.1, 0.15) is 56.2 Å². The molecule has 1 amide bonds. The molecule has 0 radical (unpaired) electrons. The molecule has 3 rings (SSSR count). The number of rotatable bonds is 15. The van der Waals surface area contributed by atoms with Gasteiger partial charge in [-0.2, -0.15) is 13.7 Å². The summed E-state index contributed by atoms with van der Waals surface area (Å²) < 4.78 is 70.9. The number of halogens is 5. The van der Waals surface area contributed by atoms with E-state index in [9.17, 15) is 27.3 Å². The summed E-state index contributed by atoms with van der Waals surface area (Å²) in [5.41, 5.74) is 6.10. The van der Waals surface area contributed by atoms with Crippen molar-refractivity contribution in [1.29, 1.82) is 0 Å². The van der Waals surface area contributed by atoms with Gasteiger partial charge in [0.15, 0.2) is 6.61 Å². The number of thioether (sulfide) groups is 1. The zero-order chi connectivity index (χ0) is 31.1. The molecule has 0 spiro atoms. The van der Waals surface area contributed by atoms with E-state index in [2.05, 4.69) is 30.2 Å². The van der Waals surface area contributed by atoms with Gasteiger partial charge in [-0.25, -0.2) is 23.1 Å². The number of hydrogen-bond donors (Lipinski definition) is 2. The predicted molar refractivity (Wildman–Crippen MR) is 150 cm³/mol. The van der Waals surface area contributed by atoms with Crippen LogP contribution in [0.2, 0.25) is 0 Å². The van der Waals surface area contributed by atoms with Gasteiger partial charge in [0, 0.05) is 5.92 Å². The van der Waals surface area contributed by atoms with Crippen molar-refractivity contribution in [3.8, 4) is 5.75 Å². The Morgan fingerprint density at radius 2 is 1.93 bits per heavy atom. The average molecular weight is 616 g/mol. The molecule has 2 aromatic heterocycles. The number of unbranched alkanes of at least 4 members (excludes halogenated alkanes) is 1. The maximum absolute atomic E-state index is 15.4. The fraction of sp³-hybridized carbons (Fsp3) is 0.500. The Labute approximate surface area is 242 Å². The largest absolute Gasteiger partial charge is 0.485 e. The van der Waals surface area contributed by atoms with E-state index in [0.717, 1.165) is 24.4 Å². The van der Waals surface area contributed by atoms with Crippen LogP contribution in [-0.2, 0) is 5.54 Å². The molecule has 42 heavy (non-hydrogen) atoms. The number of alkyl halides is 4. The highest BCUT2D eigenvalue weighted by Gasteiger charge is 2.55. The Morgan fingerprint density at radius 1 is 1.21 bits per heavy atom. The second kappa shape index (κ2) is 13.5. The minimum absolute atomic E-state index is 0.0479. The molecule has 1 aliphatic rings. The lowest BCUT2D eigenvalue weighted by molar-refractivity contribution is -0.148. The van der Waals surface area contributed by atoms with Gasteiger partial charge in [-0.15, -0.1) is 0 Å². The normalized spacial score (nSPS) is 18.5. The lowest BCUT2D eigenvalue weighted by atomic mass is 9.84. The number of amides is 1. The van der Waals surface area contributed by atoms with Gasteiger partial charge in [0.25, 0.3) is 5.91 Å². The van der Waals surface area contributed by atoms with E-state index in [4.69, 9.17) is 10.7 Å². The third-order valence-corrected chi connectivity index (χ3v) is 7.80. The quantitative estimate of drug-likeness (QED) is 0.0849. The summed E-state index contributed by atoms with van der Waals surface area (Å²) in [4.78, 5) is 39.8. The maximum Gasteiger partial charge on any atom is 0.340 e. The molecule has 2 aromatic rings. The molecule has 0 aliphatic carbocycles. The molecule has 1 aliphatic heterocycles. The molecule has 2 atom stereocenters. The number of nitroso groups, excluding NO2 is 1. The Kier molecular flexibility index (Phi) is 10.6. The van der Waals surface area contributed by atoms with Gasteiger partial charge < -0.3 is 15.8 Å². The van der Waals surface area contributed by atoms with Gasteiger partial charge in [0.1, 0.15) is 39.2 Å². The van der Waals surface area contributed by atoms with Crippen LogP contribution >= 0.6 is 11.8 Å². The SMILES string of the molecule is CC(C)C(N)=N[C@](C)(c1nc(NC(=O)c2ccc(OCC(F)(F)C(F)F)cn2)ccc1F)C1(CCCCN=O)N=CS1. The molecule has 228 valence electrons. The Hall–Kier alpha value is -3.69. The number of ether oxygens (including phenoxy) is 1. The summed E-state index contributed by atoms with van der Waals surface area (Å²) in [5.74, 6) is -6.08. The highest BCUT2D eigenvalue weighted by atomic mass is 32.2. The van der Waals surface area contributed by atoms with Crippen LogP contribution in [-0.4, -0.2) is 57.6 Å². The van der Waals surface area contributed by atoms with Crippen LogP contribution in [0.25, 0.3) is 0 Å². The van der Waals surface area contributed by atoms with Crippen molar-refractivity contribution in [1.82, 2.24) is 9.97 Å². The number of nitrogens with zero attached hydrogens (tertiary/aromatic N) is 5. The van der Waals surface area contributed by atoms with E-state index >= 15 is 4.39 Å². The molecule has 0 bridgehead atoms. The molecule has 3 N–H and O–H groups in total. The van der Waals surface area contributed by atoms with E-state index in [1.165, 1.54) is 17.8 Å². The first-order chi connectivity index (χ1) is 19.7. The van der Waals surface area contributed by atoms with Crippen LogP contribution in [0.4, 0.5) is 27.8 Å². The fourth-order valence-electron chi connectivity index (χ4n) is 3.92. The molecular weight excluding hydrogens is 585 g/mol. The number of anilines is 1. The van der Waals surface area contributed by atoms with E-state index in [1.807, 2.05) is 13.8 Å². The topological polar surface area (TPSA) is 144 Å². The van der Waals surface area contributed by atoms with Crippen molar-refractivity contribution in [3.05, 3.63) is 52.6 Å². The van der Waals surface area contributed by atoms with E-state index in [1.54, 1.807) is 12.5 Å². The third kappa shape index (κ3) is 7.38. The molecule has 0 saturated heterocycles. The van der Waals surface area contributed by atoms with Gasteiger partial charge in [0.05, 0.1) is 24.1 Å². The molecule has 16 heteroatoms. The first-order valence-corrected chi connectivity index (χ1v) is 13.7. The highest BCUT2D eigenvalue weighted by molar-refractivity contribution is 8.14. The van der Waals surface area contributed by atoms with Crippen molar-refractivity contribution >= 4 is 34.9 Å². The molecule has 0 fully saturated rings. The number of pyridine rings is 2. The van der Waals surface area contributed by atoms with Gasteiger partial charge >= 0.3 is 12.3 Å². The summed E-state index contributed by atoms with van der Waals surface area (Å²) in [6.45, 7) is 3.86. The lowest BCUT2D eigenvalue weighted by Gasteiger charge is -2.46. The summed E-state index contributed by atoms with van der Waals surface area (Å²) in [5, 5.41) is 5.38. The van der Waals surface area contributed by atoms with Gasteiger partial charge in [0.2, 0.25) is 0 Å². The Bertz CT molecular complexity index is 1330. The standard InChI is InChI=1S/C26H30F5N7O3S/c1-15(2)21(32)38-24(3,26(34-14-42-26)10-4-5-11-35-40)20-17(27)7-9-19(36-20)37-22(39)18-8-6-16(12-33-18)41-13-25(30,31)23(28)29/h6-9,12,14-15,23H,4-5,10-11,13H2,1-3H3,(H2,32,38)(H,36,37,39)/t24-,26?/m1/s1. The molecule has 0 aromatic carbocycles. The van der Waals surface area contributed by atoms with Crippen LogP contribution in [0, 0.1) is 16.6 Å². The summed E-state index contributed by atoms with van der Waals surface area (Å²) in [6, 6.07) is 4.59. The average Bonchev–Trinajstić information content (AvgIpc) is 2.92. The summed E-state index contributed by atoms with van der Waals surface area (Å²) in [7, 11) is 0. The van der Waals surface area contributed by atoms with Gasteiger partial charge in [-0.1, -0.05) is 30.8 Å². The predicted octanol–water partition coefficient (Wildman–Crippen LogP) is 5.78. The molecule has 1 unspecified atom stereocenters. The van der Waals surface area contributed by atoms with Crippen LogP contribution in [0.15, 0.2) is 45.6 Å². The van der Waals surface area contributed by atoms with E-state index < -0.39 is 41.1 Å². The first kappa shape index (κ1) is 32.8. The smallest absolute Gasteiger partial charge is 0.340 e. The Morgan fingerprint density at radius 3 is 2.48 bits per heavy atom. The minimum atomic E-state index is -4.35. The van der Waals surface area contributed by atoms with E-state index in [0.29, 0.717) is 19.3 Å². The number of hydrogen-bond acceptors (Lipinski definition) is 9. The zero-order valence-electron chi connectivity index (χ0n) is 23.0. The van der Waals surface area contributed by atoms with Crippen molar-refractivity contribution in [2.75, 3.05) is 18.5 Å². The number of aliphatic imine (C=N–C) groups is 2. The first-order valence-electron chi connectivity index (χ1n) is 12.8. The second-order valence-electron chi connectivity index (χ2n) is 9.92. The van der Waals surface area contributed by atoms with Crippen LogP contribution in [0.3, 0.4) is 0 Å². The number of nitrogens with one attached hydrogen (secondary N) is 1. The third-order valence-electron chi connectivity index (χ3n) is 6.50. The molecular formula is C26H30F5N7O3S. The number of carbonyl (C=O) groups excluding carboxylic acids is 1. The lowest BCUT2D eigenvalue weighted by Crippen LogP contribution is -2.50. The van der Waals surface area contributed by atoms with Crippen LogP contribution < -0.4 is 15.8 Å². The zero-order valence-corrected chi connectivity index (χ0v) is 23.8. The second-order valence-corrected chi connectivity index (χ2v) is 11.0. The highest BCUT2D eigenvalue weighted by Crippen LogP contribution is 2.53. The number of aromatic nitrogens is 2. The number of amidine groups is 1. The fourth-order valence-corrected chi connectivity index (χ4v) is 4.91. The van der Waals surface area contributed by atoms with Crippen LogP contribution in [0.5, 0.6) is 5.75 Å². The minimum Gasteiger partial charge on any atom is -0.485 e.